The van der Waals surface area contributed by atoms with Crippen molar-refractivity contribution >= 4 is 34.1 Å². The Morgan fingerprint density at radius 2 is 1.69 bits per heavy atom. The number of carbonyl (C=O) groups is 1. The molecule has 2 aromatic carbocycles. The largest absolute Gasteiger partial charge is 0.416 e. The highest BCUT2D eigenvalue weighted by Crippen LogP contribution is 2.33. The van der Waals surface area contributed by atoms with E-state index in [0.717, 1.165) is 49.9 Å². The summed E-state index contributed by atoms with van der Waals surface area (Å²) >= 11 is 5.97. The number of anilines is 1. The molecule has 1 unspecified atom stereocenters. The summed E-state index contributed by atoms with van der Waals surface area (Å²) in [6.07, 6.45) is -3.18. The molecule has 0 saturated carbocycles. The lowest BCUT2D eigenvalue weighted by Crippen LogP contribution is -2.48. The van der Waals surface area contributed by atoms with E-state index in [1.54, 1.807) is 0 Å². The molecule has 1 aromatic heterocycles. The molecule has 2 aliphatic rings. The quantitative estimate of drug-likeness (QED) is 0.522. The number of hydrogen-bond acceptors (Lipinski definition) is 6. The Morgan fingerprint density at radius 3 is 2.40 bits per heavy atom. The number of piperazine rings is 1. The summed E-state index contributed by atoms with van der Waals surface area (Å²) in [6.45, 7) is 5.85. The fourth-order valence-corrected chi connectivity index (χ4v) is 4.96. The number of ketones is 1. The third-order valence-corrected chi connectivity index (χ3v) is 7.00. The van der Waals surface area contributed by atoms with Crippen LogP contribution in [0.5, 0.6) is 0 Å². The highest BCUT2D eigenvalue weighted by molar-refractivity contribution is 6.30. The summed E-state index contributed by atoms with van der Waals surface area (Å²) in [7, 11) is 0. The molecule has 0 spiro atoms. The zero-order chi connectivity index (χ0) is 24.6. The molecule has 10 heteroatoms. The van der Waals surface area contributed by atoms with Crippen LogP contribution in [-0.2, 0) is 17.5 Å². The number of rotatable bonds is 5. The van der Waals surface area contributed by atoms with E-state index < -0.39 is 11.7 Å². The predicted octanol–water partition coefficient (Wildman–Crippen LogP) is 4.13. The predicted molar refractivity (Wildman–Crippen MR) is 128 cm³/mol. The van der Waals surface area contributed by atoms with Crippen LogP contribution in [0.25, 0.3) is 10.9 Å². The van der Waals surface area contributed by atoms with Gasteiger partial charge >= 0.3 is 6.18 Å². The molecule has 0 radical (unpaired) electrons. The molecule has 0 bridgehead atoms. The molecule has 6 nitrogen and oxygen atoms in total. The van der Waals surface area contributed by atoms with Crippen LogP contribution < -0.4 is 4.90 Å². The minimum Gasteiger partial charge on any atom is -0.348 e. The van der Waals surface area contributed by atoms with E-state index in [1.807, 2.05) is 29.2 Å². The Morgan fingerprint density at radius 1 is 0.971 bits per heavy atom. The monoisotopic (exact) mass is 503 g/mol. The first kappa shape index (κ1) is 24.0. The first-order chi connectivity index (χ1) is 16.8. The van der Waals surface area contributed by atoms with Gasteiger partial charge < -0.3 is 9.80 Å². The normalized spacial score (nSPS) is 20.2. The summed E-state index contributed by atoms with van der Waals surface area (Å²) in [5.41, 5.74) is 0.696. The second-order valence-electron chi connectivity index (χ2n) is 9.17. The van der Waals surface area contributed by atoms with E-state index in [9.17, 15) is 18.0 Å². The van der Waals surface area contributed by atoms with Gasteiger partial charge in [-0.25, -0.2) is 9.97 Å². The summed E-state index contributed by atoms with van der Waals surface area (Å²) in [5.74, 6) is 0.483. The second kappa shape index (κ2) is 9.72. The van der Waals surface area contributed by atoms with Gasteiger partial charge in [0, 0.05) is 62.1 Å². The molecule has 2 fully saturated rings. The van der Waals surface area contributed by atoms with Crippen LogP contribution in [0.15, 0.2) is 48.8 Å². The first-order valence-electron chi connectivity index (χ1n) is 11.5. The van der Waals surface area contributed by atoms with Crippen LogP contribution in [0.2, 0.25) is 5.02 Å². The fraction of sp³-hybridized carbons (Fsp3) is 0.400. The number of aromatic nitrogens is 2. The Balaban J connectivity index is 1.20. The maximum Gasteiger partial charge on any atom is 0.416 e. The molecular formula is C25H25ClF3N5O. The van der Waals surface area contributed by atoms with Crippen molar-refractivity contribution in [1.82, 2.24) is 19.8 Å². The van der Waals surface area contributed by atoms with Gasteiger partial charge in [0.1, 0.15) is 12.1 Å². The van der Waals surface area contributed by atoms with Crippen LogP contribution in [-0.4, -0.2) is 71.4 Å². The Hall–Kier alpha value is -2.75. The zero-order valence-electron chi connectivity index (χ0n) is 19.0. The number of halogens is 4. The molecule has 0 amide bonds. The average Bonchev–Trinajstić information content (AvgIpc) is 3.20. The molecule has 0 N–H and O–H groups in total. The minimum atomic E-state index is -4.44. The lowest BCUT2D eigenvalue weighted by Gasteiger charge is -2.35. The van der Waals surface area contributed by atoms with E-state index in [2.05, 4.69) is 19.8 Å². The van der Waals surface area contributed by atoms with Gasteiger partial charge in [0.15, 0.2) is 5.78 Å². The third-order valence-electron chi connectivity index (χ3n) is 6.75. The van der Waals surface area contributed by atoms with Gasteiger partial charge in [0.2, 0.25) is 0 Å². The van der Waals surface area contributed by atoms with E-state index in [-0.39, 0.29) is 23.8 Å². The Bertz CT molecular complexity index is 1210. The van der Waals surface area contributed by atoms with E-state index in [0.29, 0.717) is 24.3 Å². The molecule has 1 atom stereocenters. The summed E-state index contributed by atoms with van der Waals surface area (Å²) < 4.78 is 39.2. The number of hydrogen-bond donors (Lipinski definition) is 0. The maximum absolute atomic E-state index is 13.1. The Kier molecular flexibility index (Phi) is 6.65. The molecule has 184 valence electrons. The van der Waals surface area contributed by atoms with Crippen molar-refractivity contribution in [3.05, 3.63) is 64.9 Å². The van der Waals surface area contributed by atoms with Crippen LogP contribution in [0.1, 0.15) is 11.1 Å². The minimum absolute atomic E-state index is 0.132. The highest BCUT2D eigenvalue weighted by Gasteiger charge is 2.35. The van der Waals surface area contributed by atoms with E-state index in [1.165, 1.54) is 18.0 Å². The molecule has 35 heavy (non-hydrogen) atoms. The SMILES string of the molecule is O=C1CN(c2ncnc3cc(C(F)(F)F)ccc23)CC1CN1CCN(Cc2ccc(Cl)cc2)CC1. The van der Waals surface area contributed by atoms with Crippen molar-refractivity contribution in [2.45, 2.75) is 12.7 Å². The van der Waals surface area contributed by atoms with E-state index in [4.69, 9.17) is 11.6 Å². The highest BCUT2D eigenvalue weighted by atomic mass is 35.5. The lowest BCUT2D eigenvalue weighted by atomic mass is 10.1. The van der Waals surface area contributed by atoms with Crippen molar-refractivity contribution in [3.63, 3.8) is 0 Å². The van der Waals surface area contributed by atoms with Gasteiger partial charge in [0.25, 0.3) is 0 Å². The van der Waals surface area contributed by atoms with Crippen molar-refractivity contribution in [3.8, 4) is 0 Å². The summed E-state index contributed by atoms with van der Waals surface area (Å²) in [5, 5.41) is 1.25. The van der Waals surface area contributed by atoms with Crippen molar-refractivity contribution in [2.24, 2.45) is 5.92 Å². The number of Topliss-reactive ketones (excluding diaryl/α,β-unsaturated/α-hetero) is 1. The Labute approximate surface area is 206 Å². The lowest BCUT2D eigenvalue weighted by molar-refractivity contribution is -0.137. The zero-order valence-corrected chi connectivity index (χ0v) is 19.8. The van der Waals surface area contributed by atoms with E-state index >= 15 is 0 Å². The van der Waals surface area contributed by atoms with Crippen LogP contribution in [0.3, 0.4) is 0 Å². The standard InChI is InChI=1S/C25H25ClF3N5O/c26-20-4-1-17(2-5-20)12-32-7-9-33(10-8-32)13-18-14-34(15-23(18)35)24-21-6-3-19(25(27,28)29)11-22(21)30-16-31-24/h1-6,11,16,18H,7-10,12-15H2. The fourth-order valence-electron chi connectivity index (χ4n) is 4.83. The van der Waals surface area contributed by atoms with Crippen molar-refractivity contribution in [2.75, 3.05) is 50.7 Å². The average molecular weight is 504 g/mol. The molecule has 3 heterocycles. The van der Waals surface area contributed by atoms with Gasteiger partial charge in [-0.15, -0.1) is 0 Å². The van der Waals surface area contributed by atoms with Gasteiger partial charge in [0.05, 0.1) is 17.6 Å². The molecule has 0 aliphatic carbocycles. The third kappa shape index (κ3) is 5.42. The van der Waals surface area contributed by atoms with Gasteiger partial charge in [-0.05, 0) is 35.9 Å². The first-order valence-corrected chi connectivity index (χ1v) is 11.9. The van der Waals surface area contributed by atoms with Gasteiger partial charge in [-0.2, -0.15) is 13.2 Å². The van der Waals surface area contributed by atoms with Crippen LogP contribution in [0.4, 0.5) is 19.0 Å². The van der Waals surface area contributed by atoms with Crippen molar-refractivity contribution in [1.29, 1.82) is 0 Å². The number of fused-ring (bicyclic) bond motifs is 1. The molecular weight excluding hydrogens is 479 g/mol. The summed E-state index contributed by atoms with van der Waals surface area (Å²) in [4.78, 5) is 27.7. The number of nitrogens with zero attached hydrogens (tertiary/aromatic N) is 5. The molecule has 2 aliphatic heterocycles. The smallest absolute Gasteiger partial charge is 0.348 e. The number of carbonyl (C=O) groups excluding carboxylic acids is 1. The number of benzene rings is 2. The molecule has 3 aromatic rings. The van der Waals surface area contributed by atoms with Crippen LogP contribution in [0, 0.1) is 5.92 Å². The second-order valence-corrected chi connectivity index (χ2v) is 9.61. The topological polar surface area (TPSA) is 52.6 Å². The van der Waals surface area contributed by atoms with Crippen molar-refractivity contribution < 1.29 is 18.0 Å². The maximum atomic E-state index is 13.1. The van der Waals surface area contributed by atoms with Gasteiger partial charge in [-0.3, -0.25) is 9.69 Å². The number of alkyl halides is 3. The molecule has 5 rings (SSSR count). The van der Waals surface area contributed by atoms with Gasteiger partial charge in [-0.1, -0.05) is 23.7 Å². The summed E-state index contributed by atoms with van der Waals surface area (Å²) in [6, 6.07) is 11.3. The molecule has 2 saturated heterocycles. The van der Waals surface area contributed by atoms with Crippen LogP contribution >= 0.6 is 11.6 Å².